The number of hydrogen-bond donors (Lipinski definition) is 4. The zero-order valence-corrected chi connectivity index (χ0v) is 16.6. The van der Waals surface area contributed by atoms with Crippen molar-refractivity contribution in [3.63, 3.8) is 0 Å². The summed E-state index contributed by atoms with van der Waals surface area (Å²) in [5.74, 6) is -2.29. The van der Waals surface area contributed by atoms with Crippen molar-refractivity contribution in [3.8, 4) is 0 Å². The lowest BCUT2D eigenvalue weighted by Gasteiger charge is -2.27. The van der Waals surface area contributed by atoms with E-state index in [1.54, 1.807) is 4.90 Å². The summed E-state index contributed by atoms with van der Waals surface area (Å²) < 4.78 is 62.5. The first kappa shape index (κ1) is 23.5. The summed E-state index contributed by atoms with van der Waals surface area (Å²) in [6.45, 7) is 0.209. The summed E-state index contributed by atoms with van der Waals surface area (Å²) >= 11 is 0. The number of phosphoric acid groups is 2. The standard InChI is InChI=1S/C14H22F2N2O8P2/c1-24-7-10(8-25-28(22,23)26-27(19,20)21)18-5-11(14(17)6-18)9-2-3-12(15)13(16)4-9/h2-4,10-11,14H,5-8,17H2,1H3,(H,22,23)(H2,19,20,21)/t10?,11-,14+/m0/s1. The van der Waals surface area contributed by atoms with E-state index in [0.717, 1.165) is 12.1 Å². The molecular formula is C14H22F2N2O8P2. The second-order valence-electron chi connectivity index (χ2n) is 6.34. The number of phosphoric ester groups is 1. The van der Waals surface area contributed by atoms with Crippen LogP contribution in [0.2, 0.25) is 0 Å². The zero-order chi connectivity index (χ0) is 21.1. The molecule has 0 bridgehead atoms. The van der Waals surface area contributed by atoms with Gasteiger partial charge in [0.2, 0.25) is 0 Å². The van der Waals surface area contributed by atoms with Gasteiger partial charge in [-0.1, -0.05) is 6.07 Å². The summed E-state index contributed by atoms with van der Waals surface area (Å²) in [5, 5.41) is 0. The molecule has 0 aliphatic carbocycles. The van der Waals surface area contributed by atoms with E-state index in [0.29, 0.717) is 18.7 Å². The Morgan fingerprint density at radius 2 is 1.89 bits per heavy atom. The molecule has 1 aliphatic rings. The normalized spacial score (nSPS) is 24.2. The lowest BCUT2D eigenvalue weighted by molar-refractivity contribution is 0.0602. The first-order valence-electron chi connectivity index (χ1n) is 8.09. The number of rotatable bonds is 9. The molecule has 2 rings (SSSR count). The molecule has 10 nitrogen and oxygen atoms in total. The third-order valence-electron chi connectivity index (χ3n) is 4.28. The Kier molecular flexibility index (Phi) is 7.85. The number of nitrogens with zero attached hydrogens (tertiary/aromatic N) is 1. The number of hydrogen-bond acceptors (Lipinski definition) is 7. The maximum absolute atomic E-state index is 13.5. The van der Waals surface area contributed by atoms with Gasteiger partial charge in [-0.3, -0.25) is 9.42 Å². The lowest BCUT2D eigenvalue weighted by atomic mass is 9.95. The van der Waals surface area contributed by atoms with E-state index >= 15 is 0 Å². The highest BCUT2D eigenvalue weighted by Crippen LogP contribution is 2.57. The van der Waals surface area contributed by atoms with Gasteiger partial charge in [0.05, 0.1) is 19.3 Å². The molecule has 0 saturated carbocycles. The first-order valence-corrected chi connectivity index (χ1v) is 11.1. The van der Waals surface area contributed by atoms with Gasteiger partial charge in [0.15, 0.2) is 11.6 Å². The summed E-state index contributed by atoms with van der Waals surface area (Å²) in [7, 11) is -8.84. The maximum atomic E-state index is 13.5. The first-order chi connectivity index (χ1) is 12.9. The topological polar surface area (TPSA) is 152 Å². The van der Waals surface area contributed by atoms with Gasteiger partial charge in [-0.2, -0.15) is 4.31 Å². The Bertz CT molecular complexity index is 780. The monoisotopic (exact) mass is 446 g/mol. The van der Waals surface area contributed by atoms with E-state index < -0.39 is 46.0 Å². The van der Waals surface area contributed by atoms with Crippen LogP contribution in [0.25, 0.3) is 0 Å². The number of likely N-dealkylation sites (tertiary alicyclic amines) is 1. The molecule has 1 heterocycles. The highest BCUT2D eigenvalue weighted by atomic mass is 31.3. The molecule has 4 atom stereocenters. The zero-order valence-electron chi connectivity index (χ0n) is 14.9. The molecule has 28 heavy (non-hydrogen) atoms. The molecule has 0 aromatic heterocycles. The summed E-state index contributed by atoms with van der Waals surface area (Å²) in [6.07, 6.45) is 0. The Labute approximate surface area is 160 Å². The second-order valence-corrected chi connectivity index (χ2v) is 9.17. The molecule has 1 saturated heterocycles. The molecule has 0 spiro atoms. The van der Waals surface area contributed by atoms with Gasteiger partial charge in [0.25, 0.3) is 0 Å². The van der Waals surface area contributed by atoms with Crippen molar-refractivity contribution in [2.24, 2.45) is 5.73 Å². The molecular weight excluding hydrogens is 424 g/mol. The van der Waals surface area contributed by atoms with Gasteiger partial charge < -0.3 is 25.2 Å². The van der Waals surface area contributed by atoms with E-state index in [1.807, 2.05) is 0 Å². The predicted molar refractivity (Wildman–Crippen MR) is 93.2 cm³/mol. The Morgan fingerprint density at radius 3 is 2.46 bits per heavy atom. The van der Waals surface area contributed by atoms with E-state index in [1.165, 1.54) is 13.2 Å². The fraction of sp³-hybridized carbons (Fsp3) is 0.571. The van der Waals surface area contributed by atoms with Crippen molar-refractivity contribution in [1.29, 1.82) is 0 Å². The van der Waals surface area contributed by atoms with Crippen LogP contribution in [-0.2, 0) is 22.7 Å². The Morgan fingerprint density at radius 1 is 1.21 bits per heavy atom. The largest absolute Gasteiger partial charge is 0.481 e. The van der Waals surface area contributed by atoms with Crippen molar-refractivity contribution < 1.29 is 46.2 Å². The SMILES string of the molecule is COCC(COP(=O)(O)OP(=O)(O)O)N1C[C@@H](N)[C@H](c2ccc(F)c(F)c2)C1. The van der Waals surface area contributed by atoms with E-state index in [4.69, 9.17) is 20.3 Å². The average molecular weight is 446 g/mol. The van der Waals surface area contributed by atoms with Gasteiger partial charge in [-0.25, -0.2) is 17.9 Å². The number of nitrogens with two attached hydrogens (primary N) is 1. The van der Waals surface area contributed by atoms with Gasteiger partial charge in [-0.05, 0) is 17.7 Å². The smallest absolute Gasteiger partial charge is 0.383 e. The minimum absolute atomic E-state index is 0.0487. The molecule has 1 aromatic rings. The van der Waals surface area contributed by atoms with Crippen LogP contribution in [0, 0.1) is 11.6 Å². The van der Waals surface area contributed by atoms with Crippen molar-refractivity contribution in [2.45, 2.75) is 18.0 Å². The van der Waals surface area contributed by atoms with Crippen LogP contribution in [0.1, 0.15) is 11.5 Å². The fourth-order valence-corrected chi connectivity index (χ4v) is 4.67. The van der Waals surface area contributed by atoms with E-state index in [2.05, 4.69) is 8.83 Å². The van der Waals surface area contributed by atoms with E-state index in [9.17, 15) is 22.8 Å². The van der Waals surface area contributed by atoms with Crippen molar-refractivity contribution in [2.75, 3.05) is 33.4 Å². The number of benzene rings is 1. The van der Waals surface area contributed by atoms with Crippen LogP contribution >= 0.6 is 15.6 Å². The predicted octanol–water partition coefficient (Wildman–Crippen LogP) is 0.933. The molecule has 0 radical (unpaired) electrons. The van der Waals surface area contributed by atoms with E-state index in [-0.39, 0.29) is 12.5 Å². The number of halogens is 2. The van der Waals surface area contributed by atoms with Crippen LogP contribution in [-0.4, -0.2) is 65.1 Å². The lowest BCUT2D eigenvalue weighted by Crippen LogP contribution is -2.41. The summed E-state index contributed by atoms with van der Waals surface area (Å²) in [6, 6.07) is 2.48. The maximum Gasteiger partial charge on any atom is 0.481 e. The molecule has 0 amide bonds. The highest BCUT2D eigenvalue weighted by molar-refractivity contribution is 7.60. The quantitative estimate of drug-likeness (QED) is 0.403. The number of methoxy groups -OCH3 is 1. The Hall–Kier alpha value is -0.780. The molecule has 14 heteroatoms. The summed E-state index contributed by atoms with van der Waals surface area (Å²) in [4.78, 5) is 28.4. The van der Waals surface area contributed by atoms with Gasteiger partial charge in [0, 0.05) is 32.2 Å². The van der Waals surface area contributed by atoms with Gasteiger partial charge >= 0.3 is 15.6 Å². The van der Waals surface area contributed by atoms with Crippen LogP contribution in [0.15, 0.2) is 18.2 Å². The van der Waals surface area contributed by atoms with Crippen LogP contribution in [0.4, 0.5) is 8.78 Å². The molecule has 1 aromatic carbocycles. The van der Waals surface area contributed by atoms with Crippen LogP contribution < -0.4 is 5.73 Å². The molecule has 1 fully saturated rings. The average Bonchev–Trinajstić information content (AvgIpc) is 2.93. The van der Waals surface area contributed by atoms with Gasteiger partial charge in [0.1, 0.15) is 0 Å². The molecule has 2 unspecified atom stereocenters. The molecule has 1 aliphatic heterocycles. The second kappa shape index (κ2) is 9.36. The third kappa shape index (κ3) is 6.64. The van der Waals surface area contributed by atoms with Crippen LogP contribution in [0.5, 0.6) is 0 Å². The fourth-order valence-electron chi connectivity index (χ4n) is 3.04. The minimum atomic E-state index is -5.23. The molecule has 160 valence electrons. The summed E-state index contributed by atoms with van der Waals surface area (Å²) in [5.41, 5.74) is 6.62. The Balaban J connectivity index is 2.06. The van der Waals surface area contributed by atoms with Crippen molar-refractivity contribution in [1.82, 2.24) is 4.90 Å². The molecule has 5 N–H and O–H groups in total. The minimum Gasteiger partial charge on any atom is -0.383 e. The van der Waals surface area contributed by atoms with Crippen LogP contribution in [0.3, 0.4) is 0 Å². The van der Waals surface area contributed by atoms with Crippen molar-refractivity contribution >= 4 is 15.6 Å². The highest BCUT2D eigenvalue weighted by Gasteiger charge is 2.38. The van der Waals surface area contributed by atoms with Crippen molar-refractivity contribution in [3.05, 3.63) is 35.4 Å². The van der Waals surface area contributed by atoms with Gasteiger partial charge in [-0.15, -0.1) is 0 Å². The number of ether oxygens (including phenoxy) is 1. The third-order valence-corrected chi connectivity index (χ3v) is 6.43.